The number of aliphatic carboxylic acids is 2. The van der Waals surface area contributed by atoms with Gasteiger partial charge in [0, 0.05) is 40.1 Å². The van der Waals surface area contributed by atoms with Gasteiger partial charge in [-0.1, -0.05) is 55.7 Å². The molecule has 0 spiro atoms. The highest BCUT2D eigenvalue weighted by molar-refractivity contribution is 6.13. The van der Waals surface area contributed by atoms with Gasteiger partial charge in [0.15, 0.2) is 0 Å². The molecule has 176 valence electrons. The second-order valence-corrected chi connectivity index (χ2v) is 8.08. The fourth-order valence-electron chi connectivity index (χ4n) is 4.37. The molecule has 0 radical (unpaired) electrons. The third kappa shape index (κ3) is 5.98. The Bertz CT molecular complexity index is 1030. The Kier molecular flexibility index (Phi) is 7.97. The standard InChI is InChI=1S/C26H26N2O6/c29-22(30)16-20(24(33)27-18-10-4-1-5-11-18)26(14-8-3-9-15-26)21(17-23(31)32)25(34)28-19-12-6-2-7-13-19/h1-2,4-7,10-13,16-17H,3,8-9,14-15H2,(H,27,33)(H,28,34)(H,29,30)(H,31,32). The lowest BCUT2D eigenvalue weighted by Crippen LogP contribution is -2.40. The number of hydrogen-bond donors (Lipinski definition) is 4. The van der Waals surface area contributed by atoms with E-state index in [1.807, 2.05) is 0 Å². The number of carboxylic acids is 2. The van der Waals surface area contributed by atoms with Crippen LogP contribution in [0, 0.1) is 5.41 Å². The van der Waals surface area contributed by atoms with Crippen LogP contribution in [0.1, 0.15) is 32.1 Å². The molecule has 8 heteroatoms. The van der Waals surface area contributed by atoms with E-state index in [2.05, 4.69) is 10.6 Å². The highest BCUT2D eigenvalue weighted by Gasteiger charge is 2.45. The zero-order chi connectivity index (χ0) is 24.6. The Morgan fingerprint density at radius 2 is 1.03 bits per heavy atom. The molecule has 0 atom stereocenters. The molecule has 34 heavy (non-hydrogen) atoms. The van der Waals surface area contributed by atoms with Gasteiger partial charge in [-0.05, 0) is 37.1 Å². The second kappa shape index (κ2) is 11.1. The van der Waals surface area contributed by atoms with Gasteiger partial charge in [-0.2, -0.15) is 0 Å². The summed E-state index contributed by atoms with van der Waals surface area (Å²) < 4.78 is 0. The molecule has 2 aromatic carbocycles. The predicted octanol–water partition coefficient (Wildman–Crippen LogP) is 4.24. The Labute approximate surface area is 197 Å². The highest BCUT2D eigenvalue weighted by Crippen LogP contribution is 2.49. The van der Waals surface area contributed by atoms with Crippen molar-refractivity contribution in [3.63, 3.8) is 0 Å². The lowest BCUT2D eigenvalue weighted by molar-refractivity contribution is -0.132. The quantitative estimate of drug-likeness (QED) is 0.434. The number of rotatable bonds is 8. The number of carbonyl (C=O) groups excluding carboxylic acids is 2. The molecule has 1 aliphatic rings. The summed E-state index contributed by atoms with van der Waals surface area (Å²) in [6.45, 7) is 0. The van der Waals surface area contributed by atoms with Gasteiger partial charge >= 0.3 is 11.9 Å². The van der Waals surface area contributed by atoms with Crippen molar-refractivity contribution >= 4 is 35.1 Å². The topological polar surface area (TPSA) is 133 Å². The van der Waals surface area contributed by atoms with E-state index in [9.17, 15) is 29.4 Å². The maximum atomic E-state index is 13.4. The summed E-state index contributed by atoms with van der Waals surface area (Å²) in [5.41, 5.74) is -0.787. The largest absolute Gasteiger partial charge is 0.478 e. The molecule has 3 rings (SSSR count). The van der Waals surface area contributed by atoms with Gasteiger partial charge in [0.05, 0.1) is 0 Å². The van der Waals surface area contributed by atoms with E-state index in [0.717, 1.165) is 18.6 Å². The van der Waals surface area contributed by atoms with Gasteiger partial charge in [0.25, 0.3) is 11.8 Å². The Hall–Kier alpha value is -4.20. The maximum absolute atomic E-state index is 13.4. The van der Waals surface area contributed by atoms with Gasteiger partial charge in [0.2, 0.25) is 0 Å². The van der Waals surface area contributed by atoms with Crippen LogP contribution in [0.25, 0.3) is 0 Å². The molecule has 1 aliphatic carbocycles. The third-order valence-electron chi connectivity index (χ3n) is 5.83. The monoisotopic (exact) mass is 462 g/mol. The fraction of sp³-hybridized carbons (Fsp3) is 0.231. The first-order chi connectivity index (χ1) is 16.3. The number of anilines is 2. The van der Waals surface area contributed by atoms with Gasteiger partial charge < -0.3 is 20.8 Å². The average molecular weight is 463 g/mol. The number of carbonyl (C=O) groups is 4. The number of nitrogens with one attached hydrogen (secondary N) is 2. The Morgan fingerprint density at radius 1 is 0.647 bits per heavy atom. The van der Waals surface area contributed by atoms with Crippen LogP contribution in [0.15, 0.2) is 84.0 Å². The molecule has 4 N–H and O–H groups in total. The van der Waals surface area contributed by atoms with Crippen LogP contribution in [0.2, 0.25) is 0 Å². The van der Waals surface area contributed by atoms with Crippen LogP contribution in [-0.2, 0) is 19.2 Å². The van der Waals surface area contributed by atoms with E-state index in [4.69, 9.17) is 0 Å². The lowest BCUT2D eigenvalue weighted by Gasteiger charge is -2.40. The molecule has 2 aromatic rings. The SMILES string of the molecule is O=C(O)C=C(C(=O)Nc1ccccc1)C1(C(=CC(=O)O)C(=O)Nc2ccccc2)CCCCC1. The molecule has 2 amide bonds. The van der Waals surface area contributed by atoms with E-state index in [1.165, 1.54) is 0 Å². The van der Waals surface area contributed by atoms with Crippen LogP contribution in [0.4, 0.5) is 11.4 Å². The third-order valence-corrected chi connectivity index (χ3v) is 5.83. The van der Waals surface area contributed by atoms with Crippen molar-refractivity contribution in [1.82, 2.24) is 0 Å². The molecule has 0 saturated heterocycles. The minimum absolute atomic E-state index is 0.153. The zero-order valence-corrected chi connectivity index (χ0v) is 18.5. The van der Waals surface area contributed by atoms with Crippen molar-refractivity contribution in [2.45, 2.75) is 32.1 Å². The molecule has 0 aromatic heterocycles. The smallest absolute Gasteiger partial charge is 0.328 e. The summed E-state index contributed by atoms with van der Waals surface area (Å²) in [4.78, 5) is 50.3. The zero-order valence-electron chi connectivity index (χ0n) is 18.5. The van der Waals surface area contributed by atoms with Crippen molar-refractivity contribution in [3.05, 3.63) is 84.0 Å². The van der Waals surface area contributed by atoms with Gasteiger partial charge in [0.1, 0.15) is 0 Å². The van der Waals surface area contributed by atoms with Crippen LogP contribution in [0.3, 0.4) is 0 Å². The van der Waals surface area contributed by atoms with Crippen molar-refractivity contribution in [2.75, 3.05) is 10.6 Å². The first-order valence-corrected chi connectivity index (χ1v) is 10.9. The highest BCUT2D eigenvalue weighted by atomic mass is 16.4. The lowest BCUT2D eigenvalue weighted by atomic mass is 9.63. The number of para-hydroxylation sites is 2. The number of amides is 2. The van der Waals surface area contributed by atoms with Gasteiger partial charge in [-0.3, -0.25) is 9.59 Å². The summed E-state index contributed by atoms with van der Waals surface area (Å²) in [7, 11) is 0. The van der Waals surface area contributed by atoms with E-state index < -0.39 is 29.2 Å². The van der Waals surface area contributed by atoms with Gasteiger partial charge in [-0.25, -0.2) is 9.59 Å². The summed E-state index contributed by atoms with van der Waals surface area (Å²) in [6, 6.07) is 17.0. The molecule has 8 nitrogen and oxygen atoms in total. The minimum atomic E-state index is -1.38. The molecular weight excluding hydrogens is 436 g/mol. The van der Waals surface area contributed by atoms with Crippen molar-refractivity contribution in [3.8, 4) is 0 Å². The summed E-state index contributed by atoms with van der Waals surface area (Å²) >= 11 is 0. The number of hydrogen-bond acceptors (Lipinski definition) is 4. The van der Waals surface area contributed by atoms with E-state index >= 15 is 0 Å². The van der Waals surface area contributed by atoms with Gasteiger partial charge in [-0.15, -0.1) is 0 Å². The summed E-state index contributed by atoms with van der Waals surface area (Å²) in [6.07, 6.45) is 4.12. The predicted molar refractivity (Wildman–Crippen MR) is 127 cm³/mol. The van der Waals surface area contributed by atoms with Crippen LogP contribution in [-0.4, -0.2) is 34.0 Å². The maximum Gasteiger partial charge on any atom is 0.328 e. The molecule has 1 saturated carbocycles. The number of carboxylic acid groups (broad SMARTS) is 2. The first-order valence-electron chi connectivity index (χ1n) is 10.9. The molecule has 0 unspecified atom stereocenters. The molecule has 1 fully saturated rings. The summed E-state index contributed by atoms with van der Waals surface area (Å²) in [5.74, 6) is -4.11. The average Bonchev–Trinajstić information content (AvgIpc) is 2.82. The first kappa shape index (κ1) is 24.4. The molecule has 0 aliphatic heterocycles. The number of benzene rings is 2. The van der Waals surface area contributed by atoms with Crippen molar-refractivity contribution < 1.29 is 29.4 Å². The molecule has 0 heterocycles. The normalized spacial score (nSPS) is 15.8. The van der Waals surface area contributed by atoms with E-state index in [1.54, 1.807) is 60.7 Å². The second-order valence-electron chi connectivity index (χ2n) is 8.08. The summed E-state index contributed by atoms with van der Waals surface area (Å²) in [5, 5.41) is 24.6. The van der Waals surface area contributed by atoms with Crippen LogP contribution >= 0.6 is 0 Å². The van der Waals surface area contributed by atoms with Crippen molar-refractivity contribution in [1.29, 1.82) is 0 Å². The minimum Gasteiger partial charge on any atom is -0.478 e. The Balaban J connectivity index is 2.10. The van der Waals surface area contributed by atoms with Crippen LogP contribution < -0.4 is 10.6 Å². The molecule has 0 bridgehead atoms. The van der Waals surface area contributed by atoms with Crippen molar-refractivity contribution in [2.24, 2.45) is 5.41 Å². The fourth-order valence-corrected chi connectivity index (χ4v) is 4.37. The van der Waals surface area contributed by atoms with E-state index in [-0.39, 0.29) is 24.0 Å². The van der Waals surface area contributed by atoms with E-state index in [0.29, 0.717) is 24.2 Å². The van der Waals surface area contributed by atoms with Crippen LogP contribution in [0.5, 0.6) is 0 Å². The molecular formula is C26H26N2O6. The Morgan fingerprint density at radius 3 is 1.38 bits per heavy atom.